The number of aliphatic hydroxyl groups is 1. The van der Waals surface area contributed by atoms with Crippen molar-refractivity contribution < 1.29 is 9.84 Å². The van der Waals surface area contributed by atoms with Gasteiger partial charge in [-0.1, -0.05) is 32.0 Å². The van der Waals surface area contributed by atoms with E-state index in [1.165, 1.54) is 12.8 Å². The number of nitrogens with one attached hydrogen (secondary N) is 1. The quantitative estimate of drug-likeness (QED) is 0.767. The van der Waals surface area contributed by atoms with Crippen LogP contribution in [0.15, 0.2) is 24.3 Å². The molecule has 1 aliphatic carbocycles. The molecule has 1 aromatic carbocycles. The van der Waals surface area contributed by atoms with Gasteiger partial charge in [-0.25, -0.2) is 0 Å². The van der Waals surface area contributed by atoms with Gasteiger partial charge in [-0.15, -0.1) is 0 Å². The molecule has 2 rings (SSSR count). The predicted octanol–water partition coefficient (Wildman–Crippen LogP) is 2.97. The Bertz CT molecular complexity index is 425. The van der Waals surface area contributed by atoms with E-state index in [4.69, 9.17) is 4.74 Å². The highest BCUT2D eigenvalue weighted by atomic mass is 16.5. The van der Waals surface area contributed by atoms with Crippen molar-refractivity contribution in [2.24, 2.45) is 11.8 Å². The lowest BCUT2D eigenvalue weighted by Crippen LogP contribution is -2.42. The first-order valence-corrected chi connectivity index (χ1v) is 7.63. The standard InChI is InChI=1S/C17H27NO2/c1-13(2)17(3,19)12-18-10-15-6-4-5-7-16(15)20-11-14-8-9-14/h4-7,13-14,18-19H,8-12H2,1-3H3. The molecule has 0 saturated heterocycles. The van der Waals surface area contributed by atoms with Crippen LogP contribution in [0.5, 0.6) is 5.75 Å². The molecule has 0 bridgehead atoms. The van der Waals surface area contributed by atoms with Crippen molar-refractivity contribution in [3.63, 3.8) is 0 Å². The average Bonchev–Trinajstić information content (AvgIpc) is 3.21. The normalized spacial score (nSPS) is 18.1. The number of hydrogen-bond donors (Lipinski definition) is 2. The second kappa shape index (κ2) is 6.59. The molecule has 0 amide bonds. The summed E-state index contributed by atoms with van der Waals surface area (Å²) in [5.41, 5.74) is 0.483. The summed E-state index contributed by atoms with van der Waals surface area (Å²) in [5, 5.41) is 13.6. The molecular weight excluding hydrogens is 250 g/mol. The summed E-state index contributed by atoms with van der Waals surface area (Å²) < 4.78 is 5.89. The van der Waals surface area contributed by atoms with Crippen molar-refractivity contribution in [2.75, 3.05) is 13.2 Å². The Morgan fingerprint density at radius 3 is 2.70 bits per heavy atom. The fourth-order valence-corrected chi connectivity index (χ4v) is 1.94. The zero-order valence-corrected chi connectivity index (χ0v) is 12.9. The van der Waals surface area contributed by atoms with Crippen molar-refractivity contribution in [1.82, 2.24) is 5.32 Å². The first-order chi connectivity index (χ1) is 9.49. The van der Waals surface area contributed by atoms with Crippen molar-refractivity contribution in [2.45, 2.75) is 45.8 Å². The molecule has 0 aliphatic heterocycles. The van der Waals surface area contributed by atoms with E-state index in [-0.39, 0.29) is 5.92 Å². The Labute approximate surface area is 122 Å². The smallest absolute Gasteiger partial charge is 0.123 e. The Morgan fingerprint density at radius 1 is 1.35 bits per heavy atom. The molecule has 1 saturated carbocycles. The van der Waals surface area contributed by atoms with E-state index in [9.17, 15) is 5.11 Å². The van der Waals surface area contributed by atoms with Gasteiger partial charge in [-0.3, -0.25) is 0 Å². The first kappa shape index (κ1) is 15.3. The van der Waals surface area contributed by atoms with Crippen LogP contribution in [0.25, 0.3) is 0 Å². The minimum atomic E-state index is -0.677. The van der Waals surface area contributed by atoms with Gasteiger partial charge in [-0.05, 0) is 37.7 Å². The molecule has 0 radical (unpaired) electrons. The number of rotatable bonds is 8. The molecule has 0 heterocycles. The summed E-state index contributed by atoms with van der Waals surface area (Å²) in [7, 11) is 0. The van der Waals surface area contributed by atoms with Crippen molar-refractivity contribution in [3.8, 4) is 5.75 Å². The lowest BCUT2D eigenvalue weighted by atomic mass is 9.92. The Morgan fingerprint density at radius 2 is 2.05 bits per heavy atom. The zero-order valence-electron chi connectivity index (χ0n) is 12.9. The van der Waals surface area contributed by atoms with Crippen LogP contribution >= 0.6 is 0 Å². The van der Waals surface area contributed by atoms with E-state index in [0.717, 1.165) is 30.4 Å². The summed E-state index contributed by atoms with van der Waals surface area (Å²) in [6.07, 6.45) is 2.61. The highest BCUT2D eigenvalue weighted by molar-refractivity contribution is 5.33. The average molecular weight is 277 g/mol. The second-order valence-corrected chi connectivity index (χ2v) is 6.48. The van der Waals surface area contributed by atoms with Gasteiger partial charge in [0.2, 0.25) is 0 Å². The highest BCUT2D eigenvalue weighted by Gasteiger charge is 2.24. The molecule has 1 fully saturated rings. The Kier molecular flexibility index (Phi) is 5.06. The molecule has 112 valence electrons. The molecule has 1 aromatic rings. The molecule has 1 unspecified atom stereocenters. The van der Waals surface area contributed by atoms with E-state index in [1.54, 1.807) is 0 Å². The maximum Gasteiger partial charge on any atom is 0.123 e. The van der Waals surface area contributed by atoms with Gasteiger partial charge in [0.1, 0.15) is 5.75 Å². The van der Waals surface area contributed by atoms with Crippen LogP contribution in [0.1, 0.15) is 39.2 Å². The summed E-state index contributed by atoms with van der Waals surface area (Å²) in [5.74, 6) is 1.96. The largest absolute Gasteiger partial charge is 0.493 e. The third kappa shape index (κ3) is 4.50. The van der Waals surface area contributed by atoms with Crippen molar-refractivity contribution in [3.05, 3.63) is 29.8 Å². The predicted molar refractivity (Wildman–Crippen MR) is 81.8 cm³/mol. The van der Waals surface area contributed by atoms with Gasteiger partial charge >= 0.3 is 0 Å². The fourth-order valence-electron chi connectivity index (χ4n) is 1.94. The van der Waals surface area contributed by atoms with Crippen LogP contribution in [0, 0.1) is 11.8 Å². The minimum absolute atomic E-state index is 0.233. The zero-order chi connectivity index (χ0) is 14.6. The molecule has 2 N–H and O–H groups in total. The van der Waals surface area contributed by atoms with E-state index >= 15 is 0 Å². The monoisotopic (exact) mass is 277 g/mol. The topological polar surface area (TPSA) is 41.5 Å². The van der Waals surface area contributed by atoms with Gasteiger partial charge < -0.3 is 15.2 Å². The van der Waals surface area contributed by atoms with Crippen molar-refractivity contribution >= 4 is 0 Å². The van der Waals surface area contributed by atoms with Gasteiger partial charge in [0, 0.05) is 18.7 Å². The number of ether oxygens (including phenoxy) is 1. The highest BCUT2D eigenvalue weighted by Crippen LogP contribution is 2.30. The third-order valence-electron chi connectivity index (χ3n) is 4.19. The van der Waals surface area contributed by atoms with E-state index < -0.39 is 5.60 Å². The molecule has 3 nitrogen and oxygen atoms in total. The molecular formula is C17H27NO2. The van der Waals surface area contributed by atoms with Crippen LogP contribution < -0.4 is 10.1 Å². The second-order valence-electron chi connectivity index (χ2n) is 6.48. The molecule has 20 heavy (non-hydrogen) atoms. The molecule has 3 heteroatoms. The lowest BCUT2D eigenvalue weighted by Gasteiger charge is -2.28. The number of benzene rings is 1. The van der Waals surface area contributed by atoms with Gasteiger partial charge in [0.25, 0.3) is 0 Å². The summed E-state index contributed by atoms with van der Waals surface area (Å²) in [6, 6.07) is 8.15. The van der Waals surface area contributed by atoms with Gasteiger partial charge in [-0.2, -0.15) is 0 Å². The van der Waals surface area contributed by atoms with Crippen molar-refractivity contribution in [1.29, 1.82) is 0 Å². The third-order valence-corrected chi connectivity index (χ3v) is 4.19. The SMILES string of the molecule is CC(C)C(C)(O)CNCc1ccccc1OCC1CC1. The maximum absolute atomic E-state index is 10.2. The lowest BCUT2D eigenvalue weighted by molar-refractivity contribution is 0.0139. The summed E-state index contributed by atoms with van der Waals surface area (Å²) in [6.45, 7) is 8.09. The Balaban J connectivity index is 1.85. The van der Waals surface area contributed by atoms with Gasteiger partial charge in [0.15, 0.2) is 0 Å². The molecule has 0 spiro atoms. The van der Waals surface area contributed by atoms with Crippen LogP contribution in [0.4, 0.5) is 0 Å². The maximum atomic E-state index is 10.2. The van der Waals surface area contributed by atoms with Crippen LogP contribution in [0.3, 0.4) is 0 Å². The first-order valence-electron chi connectivity index (χ1n) is 7.63. The van der Waals surface area contributed by atoms with Gasteiger partial charge in [0.05, 0.1) is 12.2 Å². The number of hydrogen-bond acceptors (Lipinski definition) is 3. The minimum Gasteiger partial charge on any atom is -0.493 e. The van der Waals surface area contributed by atoms with E-state index in [2.05, 4.69) is 11.4 Å². The fraction of sp³-hybridized carbons (Fsp3) is 0.647. The molecule has 1 atom stereocenters. The molecule has 0 aromatic heterocycles. The van der Waals surface area contributed by atoms with Crippen LogP contribution in [-0.2, 0) is 6.54 Å². The Hall–Kier alpha value is -1.06. The molecule has 1 aliphatic rings. The van der Waals surface area contributed by atoms with E-state index in [1.807, 2.05) is 39.0 Å². The number of para-hydroxylation sites is 1. The summed E-state index contributed by atoms with van der Waals surface area (Å²) in [4.78, 5) is 0. The summed E-state index contributed by atoms with van der Waals surface area (Å²) >= 11 is 0. The van der Waals surface area contributed by atoms with Crippen LogP contribution in [0.2, 0.25) is 0 Å². The van der Waals surface area contributed by atoms with Crippen LogP contribution in [-0.4, -0.2) is 23.9 Å². The van der Waals surface area contributed by atoms with E-state index in [0.29, 0.717) is 6.54 Å².